The second-order valence-electron chi connectivity index (χ2n) is 6.44. The molecular formula is C19H19N3O3. The number of para-hydroxylation sites is 2. The summed E-state index contributed by atoms with van der Waals surface area (Å²) in [7, 11) is 1.58. The number of hydrogen-bond acceptors (Lipinski definition) is 3. The molecule has 25 heavy (non-hydrogen) atoms. The van der Waals surface area contributed by atoms with Crippen LogP contribution in [0.25, 0.3) is 21.8 Å². The molecule has 1 unspecified atom stereocenters. The number of aromatic nitrogens is 1. The molecule has 0 aliphatic carbocycles. The second-order valence-corrected chi connectivity index (χ2v) is 6.44. The topological polar surface area (TPSA) is 65.8 Å². The first-order chi connectivity index (χ1) is 12.1. The Hall–Kier alpha value is -2.86. The highest BCUT2D eigenvalue weighted by atomic mass is 16.3. The van der Waals surface area contributed by atoms with E-state index in [1.54, 1.807) is 7.05 Å². The Morgan fingerprint density at radius 1 is 0.960 bits per heavy atom. The van der Waals surface area contributed by atoms with Gasteiger partial charge in [-0.2, -0.15) is 0 Å². The lowest BCUT2D eigenvalue weighted by Crippen LogP contribution is -2.39. The van der Waals surface area contributed by atoms with E-state index in [-0.39, 0.29) is 25.0 Å². The summed E-state index contributed by atoms with van der Waals surface area (Å²) >= 11 is 0. The minimum atomic E-state index is -0.835. The number of β-amino-alcohol motifs (C(OH)–C–C–N with tert-alkyl or cyclic N) is 1. The van der Waals surface area contributed by atoms with Crippen molar-refractivity contribution >= 4 is 33.7 Å². The number of nitrogens with zero attached hydrogens (tertiary/aromatic N) is 3. The maximum absolute atomic E-state index is 12.0. The fourth-order valence-electron chi connectivity index (χ4n) is 3.53. The van der Waals surface area contributed by atoms with Gasteiger partial charge in [-0.15, -0.1) is 0 Å². The average Bonchev–Trinajstić information content (AvgIpc) is 3.05. The molecule has 0 saturated carbocycles. The minimum Gasteiger partial charge on any atom is -0.389 e. The molecule has 1 aliphatic rings. The Bertz CT molecular complexity index is 925. The van der Waals surface area contributed by atoms with Crippen LogP contribution in [0.3, 0.4) is 0 Å². The Labute approximate surface area is 144 Å². The predicted octanol–water partition coefficient (Wildman–Crippen LogP) is 2.05. The SMILES string of the molecule is CN1CC(=O)N(CC(O)Cn2c3ccccc3c3ccccc32)C1=O. The number of fused-ring (bicyclic) bond motifs is 3. The third-order valence-corrected chi connectivity index (χ3v) is 4.70. The first kappa shape index (κ1) is 15.7. The number of hydrogen-bond donors (Lipinski definition) is 1. The number of carbonyl (C=O) groups excluding carboxylic acids is 2. The zero-order valence-corrected chi connectivity index (χ0v) is 13.9. The largest absolute Gasteiger partial charge is 0.389 e. The number of aliphatic hydroxyl groups excluding tert-OH is 1. The molecule has 6 heteroatoms. The fraction of sp³-hybridized carbons (Fsp3) is 0.263. The van der Waals surface area contributed by atoms with Gasteiger partial charge >= 0.3 is 6.03 Å². The number of imide groups is 1. The lowest BCUT2D eigenvalue weighted by atomic mass is 10.2. The highest BCUT2D eigenvalue weighted by molar-refractivity contribution is 6.08. The van der Waals surface area contributed by atoms with E-state index in [9.17, 15) is 14.7 Å². The molecule has 3 aromatic rings. The number of amides is 3. The van der Waals surface area contributed by atoms with Gasteiger partial charge in [-0.1, -0.05) is 36.4 Å². The zero-order chi connectivity index (χ0) is 17.6. The Morgan fingerprint density at radius 2 is 1.52 bits per heavy atom. The number of rotatable bonds is 4. The van der Waals surface area contributed by atoms with Crippen LogP contribution in [0.1, 0.15) is 0 Å². The summed E-state index contributed by atoms with van der Waals surface area (Å²) in [5.41, 5.74) is 2.05. The molecule has 1 saturated heterocycles. The van der Waals surface area contributed by atoms with Crippen LogP contribution >= 0.6 is 0 Å². The molecule has 1 atom stereocenters. The van der Waals surface area contributed by atoms with Crippen LogP contribution in [0.2, 0.25) is 0 Å². The summed E-state index contributed by atoms with van der Waals surface area (Å²) in [5, 5.41) is 12.8. The van der Waals surface area contributed by atoms with Crippen molar-refractivity contribution in [3.8, 4) is 0 Å². The molecule has 2 aromatic carbocycles. The highest BCUT2D eigenvalue weighted by Crippen LogP contribution is 2.29. The monoisotopic (exact) mass is 337 g/mol. The maximum atomic E-state index is 12.0. The van der Waals surface area contributed by atoms with Gasteiger partial charge in [0.2, 0.25) is 5.91 Å². The van der Waals surface area contributed by atoms with Crippen molar-refractivity contribution in [2.24, 2.45) is 0 Å². The van der Waals surface area contributed by atoms with Crippen LogP contribution in [-0.4, -0.2) is 57.7 Å². The van der Waals surface area contributed by atoms with E-state index < -0.39 is 6.10 Å². The average molecular weight is 337 g/mol. The second kappa shape index (κ2) is 5.89. The van der Waals surface area contributed by atoms with Gasteiger partial charge in [0.1, 0.15) is 6.54 Å². The third-order valence-electron chi connectivity index (χ3n) is 4.70. The standard InChI is InChI=1S/C19H19N3O3/c1-20-12-18(24)22(19(20)25)11-13(23)10-21-16-8-4-2-6-14(16)15-7-3-5-9-17(15)21/h2-9,13,23H,10-12H2,1H3. The van der Waals surface area contributed by atoms with Crippen molar-refractivity contribution in [2.75, 3.05) is 20.1 Å². The number of aliphatic hydroxyl groups is 1. The molecule has 3 amide bonds. The van der Waals surface area contributed by atoms with Crippen molar-refractivity contribution in [2.45, 2.75) is 12.6 Å². The van der Waals surface area contributed by atoms with Crippen molar-refractivity contribution in [1.29, 1.82) is 0 Å². The molecule has 0 radical (unpaired) electrons. The number of urea groups is 1. The fourth-order valence-corrected chi connectivity index (χ4v) is 3.53. The molecular weight excluding hydrogens is 318 g/mol. The van der Waals surface area contributed by atoms with Crippen LogP contribution < -0.4 is 0 Å². The Balaban J connectivity index is 1.66. The summed E-state index contributed by atoms with van der Waals surface area (Å²) in [4.78, 5) is 26.4. The summed E-state index contributed by atoms with van der Waals surface area (Å²) in [6, 6.07) is 15.7. The summed E-state index contributed by atoms with van der Waals surface area (Å²) < 4.78 is 2.05. The summed E-state index contributed by atoms with van der Waals surface area (Å²) in [6.45, 7) is 0.387. The van der Waals surface area contributed by atoms with Crippen LogP contribution in [0.5, 0.6) is 0 Å². The molecule has 128 valence electrons. The molecule has 2 heterocycles. The summed E-state index contributed by atoms with van der Waals surface area (Å²) in [5.74, 6) is -0.270. The lowest BCUT2D eigenvalue weighted by Gasteiger charge is -2.19. The third kappa shape index (κ3) is 2.55. The van der Waals surface area contributed by atoms with E-state index in [1.165, 1.54) is 4.90 Å². The van der Waals surface area contributed by atoms with Crippen LogP contribution in [0, 0.1) is 0 Å². The molecule has 4 rings (SSSR count). The van der Waals surface area contributed by atoms with E-state index in [2.05, 4.69) is 12.1 Å². The van der Waals surface area contributed by atoms with Crippen molar-refractivity contribution in [3.63, 3.8) is 0 Å². The quantitative estimate of drug-likeness (QED) is 0.741. The number of likely N-dealkylation sites (N-methyl/N-ethyl adjacent to an activating group) is 1. The van der Waals surface area contributed by atoms with Gasteiger partial charge in [0.25, 0.3) is 0 Å². The van der Waals surface area contributed by atoms with E-state index in [0.717, 1.165) is 26.7 Å². The molecule has 1 fully saturated rings. The van der Waals surface area contributed by atoms with Gasteiger partial charge in [-0.3, -0.25) is 9.69 Å². The number of benzene rings is 2. The van der Waals surface area contributed by atoms with Gasteiger partial charge in [0.15, 0.2) is 0 Å². The molecule has 1 N–H and O–H groups in total. The first-order valence-electron chi connectivity index (χ1n) is 8.26. The Morgan fingerprint density at radius 3 is 2.04 bits per heavy atom. The van der Waals surface area contributed by atoms with Crippen molar-refractivity contribution in [1.82, 2.24) is 14.4 Å². The molecule has 1 aliphatic heterocycles. The van der Waals surface area contributed by atoms with Gasteiger partial charge in [-0.25, -0.2) is 4.79 Å². The molecule has 6 nitrogen and oxygen atoms in total. The van der Waals surface area contributed by atoms with Crippen LogP contribution in [0.4, 0.5) is 4.79 Å². The lowest BCUT2D eigenvalue weighted by molar-refractivity contribution is -0.126. The molecule has 0 spiro atoms. The molecule has 1 aromatic heterocycles. The highest BCUT2D eigenvalue weighted by Gasteiger charge is 2.34. The maximum Gasteiger partial charge on any atom is 0.327 e. The van der Waals surface area contributed by atoms with Gasteiger partial charge in [0.05, 0.1) is 19.2 Å². The van der Waals surface area contributed by atoms with Gasteiger partial charge < -0.3 is 14.6 Å². The first-order valence-corrected chi connectivity index (χ1v) is 8.26. The van der Waals surface area contributed by atoms with E-state index in [1.807, 2.05) is 41.0 Å². The van der Waals surface area contributed by atoms with Crippen LogP contribution in [0.15, 0.2) is 48.5 Å². The predicted molar refractivity (Wildman–Crippen MR) is 95.2 cm³/mol. The van der Waals surface area contributed by atoms with E-state index >= 15 is 0 Å². The van der Waals surface area contributed by atoms with Crippen LogP contribution in [-0.2, 0) is 11.3 Å². The van der Waals surface area contributed by atoms with Gasteiger partial charge in [0, 0.05) is 28.9 Å². The van der Waals surface area contributed by atoms with E-state index in [4.69, 9.17) is 0 Å². The number of carbonyl (C=O) groups is 2. The van der Waals surface area contributed by atoms with Gasteiger partial charge in [-0.05, 0) is 12.1 Å². The zero-order valence-electron chi connectivity index (χ0n) is 13.9. The molecule has 0 bridgehead atoms. The minimum absolute atomic E-state index is 0.00282. The smallest absolute Gasteiger partial charge is 0.327 e. The van der Waals surface area contributed by atoms with E-state index in [0.29, 0.717) is 6.54 Å². The summed E-state index contributed by atoms with van der Waals surface area (Å²) in [6.07, 6.45) is -0.835. The Kier molecular flexibility index (Phi) is 3.69. The normalized spacial score (nSPS) is 16.4. The van der Waals surface area contributed by atoms with Crippen molar-refractivity contribution < 1.29 is 14.7 Å². The van der Waals surface area contributed by atoms with Crippen molar-refractivity contribution in [3.05, 3.63) is 48.5 Å².